The van der Waals surface area contributed by atoms with Crippen molar-refractivity contribution in [1.29, 1.82) is 0 Å². The minimum atomic E-state index is 0.222. The summed E-state index contributed by atoms with van der Waals surface area (Å²) in [5.41, 5.74) is 8.18. The summed E-state index contributed by atoms with van der Waals surface area (Å²) in [5, 5.41) is 13.7. The van der Waals surface area contributed by atoms with Crippen LogP contribution in [0.1, 0.15) is 76.0 Å². The predicted molar refractivity (Wildman–Crippen MR) is 188 cm³/mol. The smallest absolute Gasteiger partial charge is 0.0925 e. The third kappa shape index (κ3) is 10.1. The lowest BCUT2D eigenvalue weighted by molar-refractivity contribution is 0.384. The molecule has 2 aromatic carbocycles. The van der Waals surface area contributed by atoms with E-state index >= 15 is 0 Å². The molecule has 3 aromatic rings. The van der Waals surface area contributed by atoms with E-state index < -0.39 is 0 Å². The van der Waals surface area contributed by atoms with E-state index in [9.17, 15) is 5.11 Å². The second-order valence-electron chi connectivity index (χ2n) is 11.4. The molecule has 5 nitrogen and oxygen atoms in total. The van der Waals surface area contributed by atoms with Gasteiger partial charge in [0, 0.05) is 42.3 Å². The van der Waals surface area contributed by atoms with Gasteiger partial charge in [-0.05, 0) is 93.8 Å². The minimum Gasteiger partial charge on any atom is -0.513 e. The number of aliphatic hydroxyl groups is 1. The second kappa shape index (κ2) is 17.5. The van der Waals surface area contributed by atoms with Crippen LogP contribution in [0.4, 0.5) is 0 Å². The van der Waals surface area contributed by atoms with Crippen LogP contribution >= 0.6 is 11.6 Å². The number of aromatic nitrogens is 2. The standard InChI is InChI=1S/C38H47ClN4O/c1-4-5-24-40-25-27-43(26-12-11-16-31-14-7-6-8-15-31)30(3)33-20-23-35-37(28-33)41-36(17-10-9-13-29(2)44)38(42-35)32-18-21-34(39)22-19-32/h5-7,14,18-24,28,40,44H,2-4,8-13,15-17,25-27H2,1H3/b24-5-. The quantitative estimate of drug-likeness (QED) is 0.111. The fourth-order valence-electron chi connectivity index (χ4n) is 5.47. The van der Waals surface area contributed by atoms with E-state index in [2.05, 4.69) is 72.8 Å². The SMILES string of the molecule is C=C(O)CCCCc1nc2cc(C(=C)N(CCCCC3=CC=CCC3)CCN/C=C\CC)ccc2nc1-c1ccc(Cl)cc1. The Hall–Kier alpha value is -3.83. The number of rotatable bonds is 18. The van der Waals surface area contributed by atoms with Gasteiger partial charge in [-0.3, -0.25) is 0 Å². The first-order chi connectivity index (χ1) is 21.4. The van der Waals surface area contributed by atoms with E-state index in [1.807, 2.05) is 30.5 Å². The van der Waals surface area contributed by atoms with Crippen molar-refractivity contribution in [3.63, 3.8) is 0 Å². The average Bonchev–Trinajstić information content (AvgIpc) is 3.04. The normalized spacial score (nSPS) is 12.9. The fourth-order valence-corrected chi connectivity index (χ4v) is 5.59. The number of unbranched alkanes of at least 4 members (excludes halogenated alkanes) is 2. The molecular formula is C38H47ClN4O. The van der Waals surface area contributed by atoms with Crippen molar-refractivity contribution in [2.45, 2.75) is 71.1 Å². The molecule has 1 heterocycles. The summed E-state index contributed by atoms with van der Waals surface area (Å²) >= 11 is 6.18. The van der Waals surface area contributed by atoms with Crippen LogP contribution in [0.2, 0.25) is 5.02 Å². The van der Waals surface area contributed by atoms with Crippen LogP contribution in [0.25, 0.3) is 28.0 Å². The number of aliphatic hydroxyl groups excluding tert-OH is 1. The first-order valence-electron chi connectivity index (χ1n) is 16.0. The first kappa shape index (κ1) is 33.1. The Bertz CT molecular complexity index is 1490. The molecule has 0 spiro atoms. The lowest BCUT2D eigenvalue weighted by Gasteiger charge is -2.27. The summed E-state index contributed by atoms with van der Waals surface area (Å²) in [6.07, 6.45) is 20.8. The number of nitrogens with one attached hydrogen (secondary N) is 1. The van der Waals surface area contributed by atoms with Crippen molar-refractivity contribution in [2.75, 3.05) is 19.6 Å². The summed E-state index contributed by atoms with van der Waals surface area (Å²) in [4.78, 5) is 12.6. The summed E-state index contributed by atoms with van der Waals surface area (Å²) in [6.45, 7) is 13.0. The Morgan fingerprint density at radius 3 is 2.57 bits per heavy atom. The van der Waals surface area contributed by atoms with Gasteiger partial charge < -0.3 is 15.3 Å². The van der Waals surface area contributed by atoms with E-state index in [1.54, 1.807) is 5.57 Å². The zero-order chi connectivity index (χ0) is 31.1. The van der Waals surface area contributed by atoms with E-state index in [1.165, 1.54) is 19.3 Å². The van der Waals surface area contributed by atoms with Crippen LogP contribution in [0, 0.1) is 0 Å². The number of aryl methyl sites for hydroxylation is 1. The summed E-state index contributed by atoms with van der Waals surface area (Å²) in [6, 6.07) is 14.1. The average molecular weight is 611 g/mol. The van der Waals surface area contributed by atoms with E-state index in [0.717, 1.165) is 97.4 Å². The minimum absolute atomic E-state index is 0.222. The van der Waals surface area contributed by atoms with Crippen molar-refractivity contribution in [1.82, 2.24) is 20.2 Å². The Morgan fingerprint density at radius 2 is 1.82 bits per heavy atom. The molecule has 2 N–H and O–H groups in total. The lowest BCUT2D eigenvalue weighted by Crippen LogP contribution is -2.30. The maximum atomic E-state index is 9.54. The summed E-state index contributed by atoms with van der Waals surface area (Å²) in [7, 11) is 0. The third-order valence-corrected chi connectivity index (χ3v) is 8.22. The molecule has 1 aromatic heterocycles. The monoisotopic (exact) mass is 610 g/mol. The number of benzene rings is 2. The van der Waals surface area contributed by atoms with Crippen molar-refractivity contribution < 1.29 is 5.11 Å². The topological polar surface area (TPSA) is 61.3 Å². The van der Waals surface area contributed by atoms with Crippen molar-refractivity contribution in [3.05, 3.63) is 114 Å². The molecule has 0 radical (unpaired) electrons. The highest BCUT2D eigenvalue weighted by Gasteiger charge is 2.15. The molecule has 0 amide bonds. The molecule has 0 atom stereocenters. The number of hydrogen-bond acceptors (Lipinski definition) is 5. The van der Waals surface area contributed by atoms with Gasteiger partial charge in [-0.25, -0.2) is 9.97 Å². The van der Waals surface area contributed by atoms with Gasteiger partial charge in [0.15, 0.2) is 0 Å². The zero-order valence-electron chi connectivity index (χ0n) is 26.2. The number of allylic oxidation sites excluding steroid dienone is 6. The number of nitrogens with zero attached hydrogens (tertiary/aromatic N) is 3. The molecule has 4 rings (SSSR count). The highest BCUT2D eigenvalue weighted by atomic mass is 35.5. The maximum Gasteiger partial charge on any atom is 0.0925 e. The van der Waals surface area contributed by atoms with Gasteiger partial charge in [-0.1, -0.05) is 79.8 Å². The van der Waals surface area contributed by atoms with Crippen molar-refractivity contribution in [2.24, 2.45) is 0 Å². The lowest BCUT2D eigenvalue weighted by atomic mass is 9.99. The highest BCUT2D eigenvalue weighted by Crippen LogP contribution is 2.29. The molecule has 0 saturated heterocycles. The highest BCUT2D eigenvalue weighted by molar-refractivity contribution is 6.30. The number of halogens is 1. The first-order valence-corrected chi connectivity index (χ1v) is 16.4. The van der Waals surface area contributed by atoms with Crippen LogP contribution < -0.4 is 5.32 Å². The number of fused-ring (bicyclic) bond motifs is 1. The van der Waals surface area contributed by atoms with Crippen molar-refractivity contribution >= 4 is 28.3 Å². The molecule has 0 saturated carbocycles. The van der Waals surface area contributed by atoms with Gasteiger partial charge in [0.1, 0.15) is 0 Å². The van der Waals surface area contributed by atoms with Crippen molar-refractivity contribution in [3.8, 4) is 11.3 Å². The maximum absolute atomic E-state index is 9.54. The predicted octanol–water partition coefficient (Wildman–Crippen LogP) is 9.97. The van der Waals surface area contributed by atoms with E-state index in [-0.39, 0.29) is 5.76 Å². The van der Waals surface area contributed by atoms with Crippen LogP contribution in [0.3, 0.4) is 0 Å². The fraction of sp³-hybridized carbons (Fsp3) is 0.368. The molecule has 1 aliphatic carbocycles. The van der Waals surface area contributed by atoms with Crippen LogP contribution in [0.15, 0.2) is 97.5 Å². The Morgan fingerprint density at radius 1 is 1.00 bits per heavy atom. The molecule has 232 valence electrons. The van der Waals surface area contributed by atoms with Gasteiger partial charge in [-0.2, -0.15) is 0 Å². The summed E-state index contributed by atoms with van der Waals surface area (Å²) < 4.78 is 0. The van der Waals surface area contributed by atoms with Gasteiger partial charge in [0.05, 0.1) is 28.2 Å². The Balaban J connectivity index is 1.54. The summed E-state index contributed by atoms with van der Waals surface area (Å²) in [5.74, 6) is 0.222. The Labute approximate surface area is 268 Å². The molecular weight excluding hydrogens is 564 g/mol. The molecule has 1 aliphatic rings. The largest absolute Gasteiger partial charge is 0.513 e. The van der Waals surface area contributed by atoms with Gasteiger partial charge in [0.25, 0.3) is 0 Å². The number of hydrogen-bond donors (Lipinski definition) is 2. The van der Waals surface area contributed by atoms with Crippen LogP contribution in [-0.2, 0) is 6.42 Å². The van der Waals surface area contributed by atoms with E-state index in [0.29, 0.717) is 11.4 Å². The molecule has 44 heavy (non-hydrogen) atoms. The Kier molecular flexibility index (Phi) is 13.1. The third-order valence-electron chi connectivity index (χ3n) is 7.97. The van der Waals surface area contributed by atoms with Crippen LogP contribution in [-0.4, -0.2) is 39.6 Å². The molecule has 0 bridgehead atoms. The van der Waals surface area contributed by atoms with Gasteiger partial charge >= 0.3 is 0 Å². The molecule has 0 unspecified atom stereocenters. The molecule has 0 fully saturated rings. The van der Waals surface area contributed by atoms with Gasteiger partial charge in [0.2, 0.25) is 0 Å². The van der Waals surface area contributed by atoms with Crippen LogP contribution in [0.5, 0.6) is 0 Å². The second-order valence-corrected chi connectivity index (χ2v) is 11.9. The molecule has 6 heteroatoms. The zero-order valence-corrected chi connectivity index (χ0v) is 27.0. The van der Waals surface area contributed by atoms with E-state index in [4.69, 9.17) is 21.6 Å². The van der Waals surface area contributed by atoms with Gasteiger partial charge in [-0.15, -0.1) is 0 Å². The molecule has 0 aliphatic heterocycles.